The lowest BCUT2D eigenvalue weighted by molar-refractivity contribution is -0.120. The molecule has 0 aromatic heterocycles. The number of halogens is 2. The van der Waals surface area contributed by atoms with E-state index in [-0.39, 0.29) is 17.4 Å². The van der Waals surface area contributed by atoms with Crippen LogP contribution in [0.4, 0.5) is 14.5 Å². The molecule has 152 valence electrons. The van der Waals surface area contributed by atoms with E-state index in [1.807, 2.05) is 36.9 Å². The second-order valence-electron chi connectivity index (χ2n) is 6.76. The molecule has 2 rings (SSSR count). The fourth-order valence-electron chi connectivity index (χ4n) is 2.82. The van der Waals surface area contributed by atoms with Crippen molar-refractivity contribution in [1.29, 1.82) is 0 Å². The van der Waals surface area contributed by atoms with E-state index in [0.29, 0.717) is 6.54 Å². The van der Waals surface area contributed by atoms with E-state index < -0.39 is 12.7 Å². The molecule has 1 N–H and O–H groups in total. The first-order valence-corrected chi connectivity index (χ1v) is 8.91. The summed E-state index contributed by atoms with van der Waals surface area (Å²) in [5.74, 6) is 0.0511. The number of alkyl halides is 2. The molecule has 1 amide bonds. The van der Waals surface area contributed by atoms with Crippen molar-refractivity contribution in [2.75, 3.05) is 19.5 Å². The summed E-state index contributed by atoms with van der Waals surface area (Å²) < 4.78 is 34.7. The number of likely N-dealkylation sites (N-methyl/N-ethyl adjacent to an activating group) is 1. The number of rotatable bonds is 8. The number of carbonyl (C=O) groups excluding carboxylic acids is 1. The lowest BCUT2D eigenvalue weighted by Crippen LogP contribution is -2.39. The summed E-state index contributed by atoms with van der Waals surface area (Å²) in [6.45, 7) is 3.17. The minimum Gasteiger partial charge on any atom is -0.493 e. The molecule has 0 spiro atoms. The Balaban J connectivity index is 2.06. The lowest BCUT2D eigenvalue weighted by Gasteiger charge is -2.24. The van der Waals surface area contributed by atoms with E-state index in [1.54, 1.807) is 26.1 Å². The molecule has 0 fully saturated rings. The van der Waals surface area contributed by atoms with Gasteiger partial charge in [-0.15, -0.1) is 0 Å². The average molecular weight is 392 g/mol. The van der Waals surface area contributed by atoms with E-state index in [9.17, 15) is 13.6 Å². The molecule has 0 saturated carbocycles. The Labute approximate surface area is 164 Å². The molecule has 28 heavy (non-hydrogen) atoms. The molecular weight excluding hydrogens is 366 g/mol. The number of ether oxygens (including phenoxy) is 2. The van der Waals surface area contributed by atoms with Gasteiger partial charge in [-0.1, -0.05) is 23.8 Å². The van der Waals surface area contributed by atoms with Crippen LogP contribution in [0.5, 0.6) is 11.5 Å². The number of amides is 1. The zero-order valence-corrected chi connectivity index (χ0v) is 16.8. The van der Waals surface area contributed by atoms with Crippen molar-refractivity contribution in [2.45, 2.75) is 40.0 Å². The number of hydrogen-bond acceptors (Lipinski definition) is 4. The van der Waals surface area contributed by atoms with Gasteiger partial charge in [0, 0.05) is 12.2 Å². The number of benzene rings is 2. The molecule has 1 atom stereocenters. The van der Waals surface area contributed by atoms with Gasteiger partial charge in [0.05, 0.1) is 13.2 Å². The minimum absolute atomic E-state index is 0.0317. The minimum atomic E-state index is -2.94. The van der Waals surface area contributed by atoms with Crippen molar-refractivity contribution in [1.82, 2.24) is 4.90 Å². The molecule has 0 aliphatic carbocycles. The van der Waals surface area contributed by atoms with Gasteiger partial charge < -0.3 is 14.8 Å². The Bertz CT molecular complexity index is 827. The van der Waals surface area contributed by atoms with Gasteiger partial charge in [0.1, 0.15) is 0 Å². The summed E-state index contributed by atoms with van der Waals surface area (Å²) in [5.41, 5.74) is 3.62. The normalized spacial score (nSPS) is 12.2. The highest BCUT2D eigenvalue weighted by Crippen LogP contribution is 2.30. The maximum absolute atomic E-state index is 12.6. The van der Waals surface area contributed by atoms with E-state index in [1.165, 1.54) is 13.2 Å². The molecule has 0 bridgehead atoms. The molecule has 0 aliphatic heterocycles. The summed E-state index contributed by atoms with van der Waals surface area (Å²) in [5, 5.41) is 2.94. The van der Waals surface area contributed by atoms with Gasteiger partial charge in [0.25, 0.3) is 0 Å². The lowest BCUT2D eigenvalue weighted by atomic mass is 10.1. The first-order valence-electron chi connectivity index (χ1n) is 8.91. The van der Waals surface area contributed by atoms with E-state index in [2.05, 4.69) is 10.1 Å². The van der Waals surface area contributed by atoms with Crippen LogP contribution in [0.1, 0.15) is 23.6 Å². The number of anilines is 1. The molecule has 7 heteroatoms. The van der Waals surface area contributed by atoms with Crippen LogP contribution in [0.3, 0.4) is 0 Å². The predicted molar refractivity (Wildman–Crippen MR) is 105 cm³/mol. The number of hydrogen-bond donors (Lipinski definition) is 1. The molecule has 1 unspecified atom stereocenters. The second kappa shape index (κ2) is 9.50. The van der Waals surface area contributed by atoms with E-state index in [0.717, 1.165) is 22.4 Å². The highest BCUT2D eigenvalue weighted by molar-refractivity contribution is 5.95. The van der Waals surface area contributed by atoms with Crippen LogP contribution in [-0.2, 0) is 11.3 Å². The number of nitrogens with zero attached hydrogens (tertiary/aromatic N) is 1. The van der Waals surface area contributed by atoms with Crippen molar-refractivity contribution in [3.63, 3.8) is 0 Å². The number of methoxy groups -OCH3 is 1. The number of carbonyl (C=O) groups is 1. The van der Waals surface area contributed by atoms with Crippen LogP contribution in [0.15, 0.2) is 36.4 Å². The molecule has 0 radical (unpaired) electrons. The fourth-order valence-corrected chi connectivity index (χ4v) is 2.82. The SMILES string of the molecule is COc1ccc(CN(C)C(C)C(=O)Nc2ccc(C)cc2C)cc1OC(F)F. The van der Waals surface area contributed by atoms with Crippen LogP contribution in [0.2, 0.25) is 0 Å². The zero-order chi connectivity index (χ0) is 20.8. The summed E-state index contributed by atoms with van der Waals surface area (Å²) in [7, 11) is 3.18. The maximum Gasteiger partial charge on any atom is 0.387 e. The molecule has 5 nitrogen and oxygen atoms in total. The smallest absolute Gasteiger partial charge is 0.387 e. The molecule has 2 aromatic rings. The van der Waals surface area contributed by atoms with Crippen molar-refractivity contribution in [3.8, 4) is 11.5 Å². The highest BCUT2D eigenvalue weighted by atomic mass is 19.3. The molecule has 0 aliphatic rings. The Kier molecular flexibility index (Phi) is 7.34. The third kappa shape index (κ3) is 5.66. The van der Waals surface area contributed by atoms with E-state index in [4.69, 9.17) is 4.74 Å². The van der Waals surface area contributed by atoms with Gasteiger partial charge in [0.15, 0.2) is 11.5 Å². The van der Waals surface area contributed by atoms with Crippen molar-refractivity contribution >= 4 is 11.6 Å². The molecular formula is C21H26F2N2O3. The molecule has 0 saturated heterocycles. The monoisotopic (exact) mass is 392 g/mol. The van der Waals surface area contributed by atoms with Crippen molar-refractivity contribution < 1.29 is 23.0 Å². The summed E-state index contributed by atoms with van der Waals surface area (Å²) in [6, 6.07) is 10.2. The Hall–Kier alpha value is -2.67. The third-order valence-corrected chi connectivity index (χ3v) is 4.56. The topological polar surface area (TPSA) is 50.8 Å². The summed E-state index contributed by atoms with van der Waals surface area (Å²) >= 11 is 0. The standard InChI is InChI=1S/C21H26F2N2O3/c1-13-6-8-17(14(2)10-13)24-20(26)15(3)25(4)12-16-7-9-18(27-5)19(11-16)28-21(22)23/h6-11,15,21H,12H2,1-5H3,(H,24,26). The van der Waals surface area contributed by atoms with Gasteiger partial charge in [-0.05, 0) is 57.1 Å². The predicted octanol–water partition coefficient (Wildman–Crippen LogP) is 4.37. The van der Waals surface area contributed by atoms with Crippen LogP contribution < -0.4 is 14.8 Å². The van der Waals surface area contributed by atoms with Gasteiger partial charge in [-0.2, -0.15) is 8.78 Å². The maximum atomic E-state index is 12.6. The van der Waals surface area contributed by atoms with Crippen LogP contribution in [0, 0.1) is 13.8 Å². The third-order valence-electron chi connectivity index (χ3n) is 4.56. The highest BCUT2D eigenvalue weighted by Gasteiger charge is 2.20. The second-order valence-corrected chi connectivity index (χ2v) is 6.76. The first-order chi connectivity index (χ1) is 13.2. The average Bonchev–Trinajstić information content (AvgIpc) is 2.63. The fraction of sp³-hybridized carbons (Fsp3) is 0.381. The van der Waals surface area contributed by atoms with Gasteiger partial charge in [0.2, 0.25) is 5.91 Å². The summed E-state index contributed by atoms with van der Waals surface area (Å²) in [6.07, 6.45) is 0. The van der Waals surface area contributed by atoms with Gasteiger partial charge >= 0.3 is 6.61 Å². The zero-order valence-electron chi connectivity index (χ0n) is 16.8. The van der Waals surface area contributed by atoms with Crippen LogP contribution >= 0.6 is 0 Å². The largest absolute Gasteiger partial charge is 0.493 e. The number of nitrogens with one attached hydrogen (secondary N) is 1. The van der Waals surface area contributed by atoms with Gasteiger partial charge in [-0.25, -0.2) is 0 Å². The van der Waals surface area contributed by atoms with Crippen LogP contribution in [0.25, 0.3) is 0 Å². The molecule has 0 heterocycles. The Morgan fingerprint density at radius 1 is 1.14 bits per heavy atom. The van der Waals surface area contributed by atoms with Gasteiger partial charge in [-0.3, -0.25) is 9.69 Å². The summed E-state index contributed by atoms with van der Waals surface area (Å²) in [4.78, 5) is 14.4. The first kappa shape index (κ1) is 21.6. The Morgan fingerprint density at radius 2 is 1.86 bits per heavy atom. The van der Waals surface area contributed by atoms with E-state index >= 15 is 0 Å². The number of aryl methyl sites for hydroxylation is 2. The quantitative estimate of drug-likeness (QED) is 0.725. The van der Waals surface area contributed by atoms with Crippen molar-refractivity contribution in [3.05, 3.63) is 53.1 Å². The van der Waals surface area contributed by atoms with Crippen molar-refractivity contribution in [2.24, 2.45) is 0 Å². The Morgan fingerprint density at radius 3 is 2.46 bits per heavy atom. The molecule has 2 aromatic carbocycles. The van der Waals surface area contributed by atoms with Crippen LogP contribution in [-0.4, -0.2) is 37.6 Å².